The molecule has 0 saturated carbocycles. The van der Waals surface area contributed by atoms with Gasteiger partial charge in [0.25, 0.3) is 0 Å². The van der Waals surface area contributed by atoms with Gasteiger partial charge in [0.15, 0.2) is 0 Å². The summed E-state index contributed by atoms with van der Waals surface area (Å²) in [6.07, 6.45) is 7.48. The highest BCUT2D eigenvalue weighted by molar-refractivity contribution is 5.78. The fourth-order valence-electron chi connectivity index (χ4n) is 2.84. The summed E-state index contributed by atoms with van der Waals surface area (Å²) < 4.78 is 5.21. The van der Waals surface area contributed by atoms with Gasteiger partial charge in [-0.15, -0.1) is 0 Å². The lowest BCUT2D eigenvalue weighted by Crippen LogP contribution is -2.48. The molecule has 1 aliphatic heterocycles. The molecule has 6 heteroatoms. The minimum absolute atomic E-state index is 0.153. The van der Waals surface area contributed by atoms with Crippen LogP contribution >= 0.6 is 0 Å². The van der Waals surface area contributed by atoms with E-state index in [1.165, 1.54) is 12.0 Å². The molecule has 2 aliphatic rings. The molecule has 0 atom stereocenters. The molecule has 1 aliphatic carbocycles. The maximum absolute atomic E-state index is 11.8. The lowest BCUT2D eigenvalue weighted by molar-refractivity contribution is -0.154. The Hall–Kier alpha value is -1.56. The molecule has 1 heterocycles. The highest BCUT2D eigenvalue weighted by Crippen LogP contribution is 2.30. The van der Waals surface area contributed by atoms with E-state index in [0.717, 1.165) is 19.3 Å². The molecule has 118 valence electrons. The first-order valence-electron chi connectivity index (χ1n) is 7.63. The summed E-state index contributed by atoms with van der Waals surface area (Å²) in [6, 6.07) is -0.291. The average molecular weight is 296 g/mol. The first-order chi connectivity index (χ1) is 10.1. The van der Waals surface area contributed by atoms with E-state index in [9.17, 15) is 14.7 Å². The number of carbonyl (C=O) groups excluding carboxylic acids is 1. The van der Waals surface area contributed by atoms with E-state index in [-0.39, 0.29) is 12.6 Å². The summed E-state index contributed by atoms with van der Waals surface area (Å²) in [7, 11) is 0. The Balaban J connectivity index is 1.70. The van der Waals surface area contributed by atoms with E-state index in [1.807, 2.05) is 0 Å². The molecule has 6 nitrogen and oxygen atoms in total. The van der Waals surface area contributed by atoms with Crippen molar-refractivity contribution in [2.24, 2.45) is 5.41 Å². The van der Waals surface area contributed by atoms with Gasteiger partial charge >= 0.3 is 12.0 Å². The number of rotatable bonds is 6. The zero-order chi connectivity index (χ0) is 15.1. The predicted molar refractivity (Wildman–Crippen MR) is 78.1 cm³/mol. The van der Waals surface area contributed by atoms with Crippen LogP contribution in [0.25, 0.3) is 0 Å². The Kier molecular flexibility index (Phi) is 5.61. The van der Waals surface area contributed by atoms with Crippen LogP contribution < -0.4 is 10.6 Å². The van der Waals surface area contributed by atoms with Crippen LogP contribution in [0.3, 0.4) is 0 Å². The Morgan fingerprint density at radius 3 is 2.67 bits per heavy atom. The molecule has 21 heavy (non-hydrogen) atoms. The van der Waals surface area contributed by atoms with E-state index < -0.39 is 11.4 Å². The average Bonchev–Trinajstić information content (AvgIpc) is 2.99. The second-order valence-corrected chi connectivity index (χ2v) is 5.81. The standard InChI is InChI=1S/C15H24N2O4/c18-13(19)15(6-9-21-10-7-15)11-17-14(20)16-8-5-12-3-1-2-4-12/h3H,1-2,4-11H2,(H,18,19)(H2,16,17,20). The van der Waals surface area contributed by atoms with E-state index in [1.54, 1.807) is 0 Å². The zero-order valence-corrected chi connectivity index (χ0v) is 12.3. The number of urea groups is 1. The SMILES string of the molecule is O=C(NCCC1=CCCC1)NCC1(C(=O)O)CCOCC1. The van der Waals surface area contributed by atoms with Crippen molar-refractivity contribution >= 4 is 12.0 Å². The van der Waals surface area contributed by atoms with Crippen molar-refractivity contribution in [1.82, 2.24) is 10.6 Å². The maximum atomic E-state index is 11.8. The van der Waals surface area contributed by atoms with E-state index >= 15 is 0 Å². The van der Waals surface area contributed by atoms with Crippen LogP contribution in [-0.4, -0.2) is 43.4 Å². The number of allylic oxidation sites excluding steroid dienone is 1. The first kappa shape index (κ1) is 15.8. The normalized spacial score (nSPS) is 20.7. The summed E-state index contributed by atoms with van der Waals surface area (Å²) in [5.41, 5.74) is 0.519. The van der Waals surface area contributed by atoms with Gasteiger partial charge in [0.2, 0.25) is 0 Å². The first-order valence-corrected chi connectivity index (χ1v) is 7.63. The van der Waals surface area contributed by atoms with Crippen LogP contribution in [0.1, 0.15) is 38.5 Å². The number of ether oxygens (including phenoxy) is 1. The van der Waals surface area contributed by atoms with Gasteiger partial charge in [0.1, 0.15) is 0 Å². The van der Waals surface area contributed by atoms with Gasteiger partial charge in [-0.3, -0.25) is 4.79 Å². The predicted octanol–water partition coefficient (Wildman–Crippen LogP) is 1.67. The van der Waals surface area contributed by atoms with Crippen LogP contribution in [0.15, 0.2) is 11.6 Å². The summed E-state index contributed by atoms with van der Waals surface area (Å²) in [4.78, 5) is 23.2. The third kappa shape index (κ3) is 4.46. The molecule has 0 bridgehead atoms. The van der Waals surface area contributed by atoms with Crippen LogP contribution in [0.4, 0.5) is 4.79 Å². The minimum atomic E-state index is -0.885. The smallest absolute Gasteiger partial charge is 0.314 e. The summed E-state index contributed by atoms with van der Waals surface area (Å²) in [5.74, 6) is -0.859. The number of aliphatic carboxylic acids is 1. The lowest BCUT2D eigenvalue weighted by Gasteiger charge is -2.33. The van der Waals surface area contributed by atoms with Gasteiger partial charge in [-0.05, 0) is 38.5 Å². The molecule has 0 spiro atoms. The summed E-state index contributed by atoms with van der Waals surface area (Å²) >= 11 is 0. The Labute approximate surface area is 124 Å². The maximum Gasteiger partial charge on any atom is 0.314 e. The molecule has 0 aromatic heterocycles. The monoisotopic (exact) mass is 296 g/mol. The summed E-state index contributed by atoms with van der Waals surface area (Å²) in [5, 5.41) is 14.9. The molecular formula is C15H24N2O4. The largest absolute Gasteiger partial charge is 0.481 e. The highest BCUT2D eigenvalue weighted by Gasteiger charge is 2.40. The summed E-state index contributed by atoms with van der Waals surface area (Å²) in [6.45, 7) is 1.62. The number of carboxylic acid groups (broad SMARTS) is 1. The van der Waals surface area contributed by atoms with Crippen molar-refractivity contribution in [2.75, 3.05) is 26.3 Å². The van der Waals surface area contributed by atoms with Crippen LogP contribution in [-0.2, 0) is 9.53 Å². The third-order valence-electron chi connectivity index (χ3n) is 4.36. The van der Waals surface area contributed by atoms with Gasteiger partial charge in [-0.1, -0.05) is 11.6 Å². The quantitative estimate of drug-likeness (QED) is 0.651. The van der Waals surface area contributed by atoms with E-state index in [0.29, 0.717) is 32.6 Å². The highest BCUT2D eigenvalue weighted by atomic mass is 16.5. The molecule has 3 N–H and O–H groups in total. The van der Waals surface area contributed by atoms with Crippen LogP contribution in [0.2, 0.25) is 0 Å². The fourth-order valence-corrected chi connectivity index (χ4v) is 2.84. The number of carboxylic acids is 1. The minimum Gasteiger partial charge on any atom is -0.481 e. The van der Waals surface area contributed by atoms with Gasteiger partial charge in [-0.25, -0.2) is 4.79 Å². The molecule has 2 rings (SSSR count). The fraction of sp³-hybridized carbons (Fsp3) is 0.733. The van der Waals surface area contributed by atoms with Gasteiger partial charge in [-0.2, -0.15) is 0 Å². The van der Waals surface area contributed by atoms with Crippen LogP contribution in [0, 0.1) is 5.41 Å². The third-order valence-corrected chi connectivity index (χ3v) is 4.36. The van der Waals surface area contributed by atoms with Gasteiger partial charge < -0.3 is 20.5 Å². The number of amides is 2. The second-order valence-electron chi connectivity index (χ2n) is 5.81. The number of carbonyl (C=O) groups is 2. The molecule has 1 fully saturated rings. The van der Waals surface area contributed by atoms with Crippen molar-refractivity contribution in [1.29, 1.82) is 0 Å². The van der Waals surface area contributed by atoms with Crippen molar-refractivity contribution in [3.8, 4) is 0 Å². The van der Waals surface area contributed by atoms with Crippen molar-refractivity contribution in [3.63, 3.8) is 0 Å². The van der Waals surface area contributed by atoms with Crippen molar-refractivity contribution in [3.05, 3.63) is 11.6 Å². The van der Waals surface area contributed by atoms with E-state index in [4.69, 9.17) is 4.74 Å². The van der Waals surface area contributed by atoms with Crippen molar-refractivity contribution in [2.45, 2.75) is 38.5 Å². The molecule has 0 aromatic rings. The second kappa shape index (κ2) is 7.45. The zero-order valence-electron chi connectivity index (χ0n) is 12.3. The molecule has 0 unspecified atom stereocenters. The molecule has 0 aromatic carbocycles. The molecule has 1 saturated heterocycles. The van der Waals surface area contributed by atoms with Gasteiger partial charge in [0, 0.05) is 26.3 Å². The molecule has 2 amide bonds. The topological polar surface area (TPSA) is 87.7 Å². The van der Waals surface area contributed by atoms with E-state index in [2.05, 4.69) is 16.7 Å². The lowest BCUT2D eigenvalue weighted by atomic mass is 9.80. The van der Waals surface area contributed by atoms with Crippen LogP contribution in [0.5, 0.6) is 0 Å². The molecule has 0 radical (unpaired) electrons. The number of hydrogen-bond acceptors (Lipinski definition) is 3. The Bertz CT molecular complexity index is 414. The number of nitrogens with one attached hydrogen (secondary N) is 2. The van der Waals surface area contributed by atoms with Gasteiger partial charge in [0.05, 0.1) is 5.41 Å². The molecular weight excluding hydrogens is 272 g/mol. The van der Waals surface area contributed by atoms with Crippen molar-refractivity contribution < 1.29 is 19.4 Å². The Morgan fingerprint density at radius 2 is 2.05 bits per heavy atom. The Morgan fingerprint density at radius 1 is 1.29 bits per heavy atom. The number of hydrogen-bond donors (Lipinski definition) is 3.